The van der Waals surface area contributed by atoms with E-state index >= 15 is 0 Å². The first-order valence-electron chi connectivity index (χ1n) is 20.1. The number of unbranched alkanes of at least 4 members (excludes halogenated alkanes) is 15. The topological polar surface area (TPSA) is 135 Å². The summed E-state index contributed by atoms with van der Waals surface area (Å²) in [6, 6.07) is 0. The summed E-state index contributed by atoms with van der Waals surface area (Å²) in [6.45, 7) is 10.7. The van der Waals surface area contributed by atoms with Crippen molar-refractivity contribution in [2.24, 2.45) is 5.10 Å². The highest BCUT2D eigenvalue weighted by atomic mass is 16.7. The largest absolute Gasteiger partial charge is 0.466 e. The number of nitrogens with zero attached hydrogens (tertiary/aromatic N) is 3. The zero-order chi connectivity index (χ0) is 36.2. The summed E-state index contributed by atoms with van der Waals surface area (Å²) in [4.78, 5) is 37.6. The number of hydrogen-bond acceptors (Lipinski definition) is 7. The summed E-state index contributed by atoms with van der Waals surface area (Å²) in [5.74, 6) is 0.0770. The van der Waals surface area contributed by atoms with E-state index in [0.29, 0.717) is 26.0 Å². The van der Waals surface area contributed by atoms with Crippen molar-refractivity contribution >= 4 is 17.9 Å². The number of carbonyl (C=O) groups is 2. The minimum Gasteiger partial charge on any atom is -0.466 e. The molecule has 2 N–H and O–H groups in total. The van der Waals surface area contributed by atoms with Crippen LogP contribution in [0.5, 0.6) is 0 Å². The second kappa shape index (κ2) is 35.4. The predicted molar refractivity (Wildman–Crippen MR) is 201 cm³/mol. The Kier molecular flexibility index (Phi) is 33.6. The predicted octanol–water partition coefficient (Wildman–Crippen LogP) is 8.91. The molecule has 0 aromatic heterocycles. The van der Waals surface area contributed by atoms with Gasteiger partial charge in [0.2, 0.25) is 0 Å². The third-order valence-electron chi connectivity index (χ3n) is 8.89. The number of hydrazone groups is 1. The van der Waals surface area contributed by atoms with Crippen molar-refractivity contribution in [3.05, 3.63) is 10.1 Å². The molecule has 0 aromatic rings. The first-order valence-corrected chi connectivity index (χ1v) is 20.1. The van der Waals surface area contributed by atoms with Crippen LogP contribution in [0.15, 0.2) is 5.10 Å². The first kappa shape index (κ1) is 46.6. The summed E-state index contributed by atoms with van der Waals surface area (Å²) in [5.41, 5.74) is 0. The van der Waals surface area contributed by atoms with Crippen molar-refractivity contribution in [3.63, 3.8) is 0 Å². The van der Waals surface area contributed by atoms with Crippen LogP contribution in [-0.2, 0) is 19.1 Å². The summed E-state index contributed by atoms with van der Waals surface area (Å²) in [5, 5.41) is 19.0. The highest BCUT2D eigenvalue weighted by molar-refractivity contribution is 5.78. The number of esters is 2. The van der Waals surface area contributed by atoms with E-state index < -0.39 is 5.03 Å². The minimum absolute atomic E-state index is 0.0322. The van der Waals surface area contributed by atoms with E-state index in [1.54, 1.807) is 7.05 Å². The van der Waals surface area contributed by atoms with E-state index in [2.05, 4.69) is 41.4 Å². The minimum atomic E-state index is -0.703. The van der Waals surface area contributed by atoms with Crippen molar-refractivity contribution in [2.75, 3.05) is 39.8 Å². The molecule has 0 aliphatic heterocycles. The SMILES string of the molecule is CCCCCCCOC(=O)CCCCCCCN(CCCCCCCC(=O)OC(CCCC)CCCCC)CCCN/C(=N/[N+](=O)[O-])NC. The smallest absolute Gasteiger partial charge is 0.306 e. The molecular weight excluding hydrogens is 622 g/mol. The van der Waals surface area contributed by atoms with Crippen molar-refractivity contribution in [1.82, 2.24) is 15.5 Å². The molecule has 0 amide bonds. The monoisotopic (exact) mass is 698 g/mol. The molecule has 0 aliphatic rings. The number of hydrogen-bond donors (Lipinski definition) is 2. The molecule has 1 atom stereocenters. The van der Waals surface area contributed by atoms with Crippen LogP contribution < -0.4 is 10.6 Å². The van der Waals surface area contributed by atoms with Crippen LogP contribution >= 0.6 is 0 Å². The Morgan fingerprint density at radius 2 is 1.18 bits per heavy atom. The van der Waals surface area contributed by atoms with Gasteiger partial charge < -0.3 is 25.0 Å². The molecular formula is C38H75N5O6. The lowest BCUT2D eigenvalue weighted by Crippen LogP contribution is -2.37. The summed E-state index contributed by atoms with van der Waals surface area (Å²) in [6.07, 6.45) is 26.1. The second-order valence-electron chi connectivity index (χ2n) is 13.5. The van der Waals surface area contributed by atoms with Gasteiger partial charge in [0, 0.05) is 26.4 Å². The Labute approximate surface area is 299 Å². The maximum atomic E-state index is 12.5. The molecule has 0 aliphatic carbocycles. The number of rotatable bonds is 35. The molecule has 11 heteroatoms. The van der Waals surface area contributed by atoms with Gasteiger partial charge in [-0.1, -0.05) is 111 Å². The highest BCUT2D eigenvalue weighted by Crippen LogP contribution is 2.16. The van der Waals surface area contributed by atoms with Crippen LogP contribution in [0.3, 0.4) is 0 Å². The summed E-state index contributed by atoms with van der Waals surface area (Å²) >= 11 is 0. The van der Waals surface area contributed by atoms with Crippen molar-refractivity contribution in [1.29, 1.82) is 0 Å². The summed E-state index contributed by atoms with van der Waals surface area (Å²) in [7, 11) is 1.61. The van der Waals surface area contributed by atoms with Crippen LogP contribution in [0.2, 0.25) is 0 Å². The lowest BCUT2D eigenvalue weighted by atomic mass is 10.1. The number of ether oxygens (including phenoxy) is 2. The van der Waals surface area contributed by atoms with Crippen LogP contribution in [0, 0.1) is 10.1 Å². The fourth-order valence-electron chi connectivity index (χ4n) is 5.90. The van der Waals surface area contributed by atoms with Crippen LogP contribution in [0.4, 0.5) is 0 Å². The molecule has 1 unspecified atom stereocenters. The lowest BCUT2D eigenvalue weighted by Gasteiger charge is -2.22. The quantitative estimate of drug-likeness (QED) is 0.0166. The normalized spacial score (nSPS) is 12.2. The molecule has 0 saturated heterocycles. The Bertz CT molecular complexity index is 828. The Morgan fingerprint density at radius 1 is 0.673 bits per heavy atom. The van der Waals surface area contributed by atoms with Gasteiger partial charge in [0.05, 0.1) is 6.61 Å². The highest BCUT2D eigenvalue weighted by Gasteiger charge is 2.14. The second-order valence-corrected chi connectivity index (χ2v) is 13.5. The van der Waals surface area contributed by atoms with Crippen LogP contribution in [0.1, 0.15) is 181 Å². The van der Waals surface area contributed by atoms with Crippen LogP contribution in [0.25, 0.3) is 0 Å². The molecule has 288 valence electrons. The number of nitro groups is 1. The van der Waals surface area contributed by atoms with Crippen molar-refractivity contribution in [3.8, 4) is 0 Å². The molecule has 0 heterocycles. The van der Waals surface area contributed by atoms with E-state index in [-0.39, 0.29) is 24.0 Å². The van der Waals surface area contributed by atoms with Crippen molar-refractivity contribution < 1.29 is 24.1 Å². The van der Waals surface area contributed by atoms with E-state index in [0.717, 1.165) is 135 Å². The average molecular weight is 698 g/mol. The van der Waals surface area contributed by atoms with E-state index in [4.69, 9.17) is 9.47 Å². The molecule has 0 saturated carbocycles. The maximum absolute atomic E-state index is 12.5. The molecule has 0 fully saturated rings. The van der Waals surface area contributed by atoms with Crippen molar-refractivity contribution in [2.45, 2.75) is 187 Å². The van der Waals surface area contributed by atoms with Gasteiger partial charge >= 0.3 is 11.9 Å². The third kappa shape index (κ3) is 32.5. The van der Waals surface area contributed by atoms with Gasteiger partial charge in [0.15, 0.2) is 5.03 Å². The van der Waals surface area contributed by atoms with Gasteiger partial charge in [-0.05, 0) is 77.4 Å². The molecule has 49 heavy (non-hydrogen) atoms. The number of guanidine groups is 1. The van der Waals surface area contributed by atoms with E-state index in [9.17, 15) is 19.7 Å². The average Bonchev–Trinajstić information content (AvgIpc) is 3.08. The number of nitrogens with one attached hydrogen (secondary N) is 2. The Balaban J connectivity index is 4.36. The van der Waals surface area contributed by atoms with E-state index in [1.165, 1.54) is 32.1 Å². The molecule has 11 nitrogen and oxygen atoms in total. The fourth-order valence-corrected chi connectivity index (χ4v) is 5.90. The first-order chi connectivity index (χ1) is 23.9. The molecule has 0 rings (SSSR count). The van der Waals surface area contributed by atoms with Gasteiger partial charge in [-0.15, -0.1) is 0 Å². The Hall–Kier alpha value is -2.43. The molecule has 0 spiro atoms. The third-order valence-corrected chi connectivity index (χ3v) is 8.89. The fraction of sp³-hybridized carbons (Fsp3) is 0.921. The molecule has 0 radical (unpaired) electrons. The van der Waals surface area contributed by atoms with Gasteiger partial charge in [0.1, 0.15) is 11.2 Å². The Morgan fingerprint density at radius 3 is 1.80 bits per heavy atom. The standard InChI is InChI=1S/C38H75N5O6/c1-5-8-11-18-24-34-48-36(44)28-20-14-12-16-22-31-42(33-25-30-40-38(39-4)41-43(46)47)32-23-17-13-15-21-29-37(45)49-35(26-10-7-3)27-19-9-6-2/h35H,5-34H2,1-4H3,(H2,39,40,41). The van der Waals surface area contributed by atoms with Crippen LogP contribution in [-0.4, -0.2) is 73.8 Å². The number of carbonyl (C=O) groups excluding carboxylic acids is 2. The molecule has 0 aromatic carbocycles. The van der Waals surface area contributed by atoms with E-state index in [1.807, 2.05) is 0 Å². The zero-order valence-corrected chi connectivity index (χ0v) is 32.1. The van der Waals surface area contributed by atoms with Gasteiger partial charge in [-0.25, -0.2) is 10.1 Å². The van der Waals surface area contributed by atoms with Gasteiger partial charge in [-0.2, -0.15) is 0 Å². The van der Waals surface area contributed by atoms with Gasteiger partial charge in [-0.3, -0.25) is 9.59 Å². The van der Waals surface area contributed by atoms with Gasteiger partial charge in [0.25, 0.3) is 5.96 Å². The maximum Gasteiger partial charge on any atom is 0.306 e. The molecule has 0 bridgehead atoms. The zero-order valence-electron chi connectivity index (χ0n) is 32.1. The lowest BCUT2D eigenvalue weighted by molar-refractivity contribution is -0.485. The summed E-state index contributed by atoms with van der Waals surface area (Å²) < 4.78 is 11.2.